The molecule has 0 aromatic heterocycles. The van der Waals surface area contributed by atoms with Crippen LogP contribution < -0.4 is 0 Å². The molecule has 0 fully saturated rings. The molecule has 0 radical (unpaired) electrons. The normalized spacial score (nSPS) is 8.71. The second kappa shape index (κ2) is 5.08. The zero-order valence-corrected chi connectivity index (χ0v) is 8.45. The third-order valence-electron chi connectivity index (χ3n) is 1.84. The molecule has 72 valence electrons. The first-order valence-corrected chi connectivity index (χ1v) is 4.46. The number of amides is 1. The van der Waals surface area contributed by atoms with E-state index in [1.54, 1.807) is 18.9 Å². The largest absolute Gasteiger partial charge is 0.331 e. The maximum Gasteiger partial charge on any atom is 0.298 e. The molecule has 2 heteroatoms. The highest BCUT2D eigenvalue weighted by molar-refractivity contribution is 5.93. The topological polar surface area (TPSA) is 20.3 Å². The highest BCUT2D eigenvalue weighted by atomic mass is 16.2. The molecule has 0 bridgehead atoms. The summed E-state index contributed by atoms with van der Waals surface area (Å²) in [6.45, 7) is 2.27. The molecule has 14 heavy (non-hydrogen) atoms. The first-order chi connectivity index (χ1) is 6.74. The van der Waals surface area contributed by atoms with E-state index in [4.69, 9.17) is 0 Å². The van der Waals surface area contributed by atoms with Gasteiger partial charge < -0.3 is 4.90 Å². The molecular weight excluding hydrogens is 174 g/mol. The monoisotopic (exact) mass is 187 g/mol. The Morgan fingerprint density at radius 1 is 1.36 bits per heavy atom. The van der Waals surface area contributed by atoms with E-state index in [2.05, 4.69) is 11.8 Å². The molecule has 1 aromatic carbocycles. The summed E-state index contributed by atoms with van der Waals surface area (Å²) in [5.41, 5.74) is 1.11. The molecule has 2 nitrogen and oxygen atoms in total. The van der Waals surface area contributed by atoms with E-state index >= 15 is 0 Å². The lowest BCUT2D eigenvalue weighted by Crippen LogP contribution is -2.24. The Morgan fingerprint density at radius 3 is 2.57 bits per heavy atom. The van der Waals surface area contributed by atoms with Crippen LogP contribution in [0.15, 0.2) is 30.3 Å². The van der Waals surface area contributed by atoms with Gasteiger partial charge in [0.05, 0.1) is 0 Å². The number of nitrogens with zero attached hydrogens (tertiary/aromatic N) is 1. The van der Waals surface area contributed by atoms with Crippen LogP contribution in [0.2, 0.25) is 0 Å². The van der Waals surface area contributed by atoms with Crippen molar-refractivity contribution in [2.75, 3.05) is 7.05 Å². The fraction of sp³-hybridized carbons (Fsp3) is 0.250. The molecule has 1 amide bonds. The average Bonchev–Trinajstić information content (AvgIpc) is 2.19. The van der Waals surface area contributed by atoms with Crippen LogP contribution in [0.5, 0.6) is 0 Å². The van der Waals surface area contributed by atoms with Gasteiger partial charge >= 0.3 is 0 Å². The second-order valence-electron chi connectivity index (χ2n) is 3.02. The van der Waals surface area contributed by atoms with E-state index in [0.29, 0.717) is 6.54 Å². The molecule has 0 aliphatic rings. The quantitative estimate of drug-likeness (QED) is 0.645. The van der Waals surface area contributed by atoms with Gasteiger partial charge in [0.15, 0.2) is 0 Å². The zero-order valence-electron chi connectivity index (χ0n) is 8.45. The molecule has 0 aliphatic heterocycles. The highest BCUT2D eigenvalue weighted by Crippen LogP contribution is 2.02. The summed E-state index contributed by atoms with van der Waals surface area (Å²) in [7, 11) is 1.75. The number of rotatable bonds is 2. The van der Waals surface area contributed by atoms with Crippen molar-refractivity contribution in [2.45, 2.75) is 13.5 Å². The van der Waals surface area contributed by atoms with Crippen molar-refractivity contribution in [3.8, 4) is 11.8 Å². The Kier molecular flexibility index (Phi) is 3.75. The number of hydrogen-bond donors (Lipinski definition) is 0. The second-order valence-corrected chi connectivity index (χ2v) is 3.02. The summed E-state index contributed by atoms with van der Waals surface area (Å²) in [6.07, 6.45) is 0. The van der Waals surface area contributed by atoms with Gasteiger partial charge in [0.2, 0.25) is 0 Å². The van der Waals surface area contributed by atoms with Gasteiger partial charge in [-0.15, -0.1) is 0 Å². The Labute approximate surface area is 84.5 Å². The minimum atomic E-state index is -0.142. The van der Waals surface area contributed by atoms with Gasteiger partial charge in [-0.25, -0.2) is 0 Å². The average molecular weight is 187 g/mol. The van der Waals surface area contributed by atoms with E-state index in [0.717, 1.165) is 5.56 Å². The van der Waals surface area contributed by atoms with Crippen molar-refractivity contribution in [3.05, 3.63) is 35.9 Å². The molecule has 1 aromatic rings. The van der Waals surface area contributed by atoms with Gasteiger partial charge in [-0.2, -0.15) is 0 Å². The van der Waals surface area contributed by atoms with Crippen LogP contribution >= 0.6 is 0 Å². The number of carbonyl (C=O) groups excluding carboxylic acids is 1. The van der Waals surface area contributed by atoms with Crippen LogP contribution in [0.4, 0.5) is 0 Å². The minimum absolute atomic E-state index is 0.142. The number of hydrogen-bond acceptors (Lipinski definition) is 1. The molecule has 0 heterocycles. The van der Waals surface area contributed by atoms with Crippen LogP contribution in [0.25, 0.3) is 0 Å². The predicted octanol–water partition coefficient (Wildman–Crippen LogP) is 1.67. The van der Waals surface area contributed by atoms with Crippen molar-refractivity contribution in [1.29, 1.82) is 0 Å². The molecule has 0 N–H and O–H groups in total. The summed E-state index contributed by atoms with van der Waals surface area (Å²) in [5.74, 6) is 4.95. The Hall–Kier alpha value is -1.75. The zero-order chi connectivity index (χ0) is 10.4. The maximum absolute atomic E-state index is 11.3. The lowest BCUT2D eigenvalue weighted by atomic mass is 10.2. The lowest BCUT2D eigenvalue weighted by molar-refractivity contribution is -0.124. The fourth-order valence-electron chi connectivity index (χ4n) is 1.13. The number of carbonyl (C=O) groups is 1. The van der Waals surface area contributed by atoms with Gasteiger partial charge in [0.25, 0.3) is 5.91 Å². The molecule has 1 rings (SSSR count). The summed E-state index contributed by atoms with van der Waals surface area (Å²) in [5, 5.41) is 0. The Balaban J connectivity index is 2.60. The summed E-state index contributed by atoms with van der Waals surface area (Å²) in [6, 6.07) is 9.85. The van der Waals surface area contributed by atoms with Gasteiger partial charge in [0.1, 0.15) is 0 Å². The third-order valence-corrected chi connectivity index (χ3v) is 1.84. The molecule has 0 unspecified atom stereocenters. The van der Waals surface area contributed by atoms with Gasteiger partial charge in [-0.1, -0.05) is 36.3 Å². The Bertz CT molecular complexity index is 359. The van der Waals surface area contributed by atoms with Gasteiger partial charge in [0, 0.05) is 13.6 Å². The van der Waals surface area contributed by atoms with Crippen LogP contribution in [0, 0.1) is 11.8 Å². The van der Waals surface area contributed by atoms with Crippen LogP contribution in [0.1, 0.15) is 12.5 Å². The third kappa shape index (κ3) is 2.95. The van der Waals surface area contributed by atoms with E-state index in [-0.39, 0.29) is 5.91 Å². The van der Waals surface area contributed by atoms with Crippen molar-refractivity contribution in [1.82, 2.24) is 4.90 Å². The number of benzene rings is 1. The van der Waals surface area contributed by atoms with Gasteiger partial charge in [-0.3, -0.25) is 4.79 Å². The molecule has 0 saturated heterocycles. The fourth-order valence-corrected chi connectivity index (χ4v) is 1.13. The SMILES string of the molecule is CC#CC(=O)N(C)Cc1ccccc1. The smallest absolute Gasteiger partial charge is 0.298 e. The summed E-state index contributed by atoms with van der Waals surface area (Å²) in [4.78, 5) is 12.9. The molecule has 0 atom stereocenters. The summed E-state index contributed by atoms with van der Waals surface area (Å²) < 4.78 is 0. The van der Waals surface area contributed by atoms with Crippen LogP contribution in [0.3, 0.4) is 0 Å². The lowest BCUT2D eigenvalue weighted by Gasteiger charge is -2.13. The first-order valence-electron chi connectivity index (χ1n) is 4.46. The van der Waals surface area contributed by atoms with Crippen molar-refractivity contribution in [2.24, 2.45) is 0 Å². The Morgan fingerprint density at radius 2 is 2.00 bits per heavy atom. The maximum atomic E-state index is 11.3. The van der Waals surface area contributed by atoms with E-state index in [1.807, 2.05) is 30.3 Å². The van der Waals surface area contributed by atoms with E-state index < -0.39 is 0 Å². The van der Waals surface area contributed by atoms with Crippen molar-refractivity contribution < 1.29 is 4.79 Å². The minimum Gasteiger partial charge on any atom is -0.331 e. The highest BCUT2D eigenvalue weighted by Gasteiger charge is 2.04. The van der Waals surface area contributed by atoms with Crippen molar-refractivity contribution >= 4 is 5.91 Å². The molecule has 0 saturated carbocycles. The summed E-state index contributed by atoms with van der Waals surface area (Å²) >= 11 is 0. The van der Waals surface area contributed by atoms with Crippen LogP contribution in [-0.2, 0) is 11.3 Å². The first kappa shape index (κ1) is 10.3. The van der Waals surface area contributed by atoms with Crippen molar-refractivity contribution in [3.63, 3.8) is 0 Å². The van der Waals surface area contributed by atoms with E-state index in [9.17, 15) is 4.79 Å². The molecule has 0 spiro atoms. The standard InChI is InChI=1S/C12H13NO/c1-3-7-12(14)13(2)10-11-8-5-4-6-9-11/h4-6,8-9H,10H2,1-2H3. The molecule has 0 aliphatic carbocycles. The van der Waals surface area contributed by atoms with Gasteiger partial charge in [-0.05, 0) is 18.4 Å². The predicted molar refractivity (Wildman–Crippen MR) is 56.4 cm³/mol. The van der Waals surface area contributed by atoms with E-state index in [1.165, 1.54) is 0 Å². The van der Waals surface area contributed by atoms with Crippen LogP contribution in [-0.4, -0.2) is 17.9 Å². The molecular formula is C12H13NO.